The first-order valence-corrected chi connectivity index (χ1v) is 17.0. The molecule has 232 valence electrons. The Bertz CT molecular complexity index is 1620. The molecule has 5 rings (SSSR count). The Hall–Kier alpha value is -3.88. The summed E-state index contributed by atoms with van der Waals surface area (Å²) in [6.45, 7) is -0.418. The van der Waals surface area contributed by atoms with Crippen molar-refractivity contribution in [1.82, 2.24) is 14.6 Å². The minimum Gasteiger partial charge on any atom is -0.339 e. The van der Waals surface area contributed by atoms with Crippen molar-refractivity contribution in [3.63, 3.8) is 0 Å². The molecule has 2 amide bonds. The Kier molecular flexibility index (Phi) is 10.2. The normalized spacial score (nSPS) is 19.5. The van der Waals surface area contributed by atoms with Crippen LogP contribution in [0.25, 0.3) is 10.6 Å². The highest BCUT2D eigenvalue weighted by Crippen LogP contribution is 2.29. The Morgan fingerprint density at radius 3 is 2.61 bits per heavy atom. The number of carbonyl (C=O) groups excluding carboxylic acids is 3. The number of carbonyl (C=O) groups is 3. The van der Waals surface area contributed by atoms with Crippen LogP contribution in [0.4, 0.5) is 0 Å². The number of hydrogen-bond donors (Lipinski definition) is 2. The van der Waals surface area contributed by atoms with Crippen LogP contribution in [-0.4, -0.2) is 65.7 Å². The topological polar surface area (TPSA) is 162 Å². The number of sulfonamides is 1. The van der Waals surface area contributed by atoms with Gasteiger partial charge in [-0.05, 0) is 55.5 Å². The highest BCUT2D eigenvalue weighted by atomic mass is 32.2. The number of nitrogens with one attached hydrogen (secondary N) is 1. The summed E-state index contributed by atoms with van der Waals surface area (Å²) in [6, 6.07) is 11.3. The predicted molar refractivity (Wildman–Crippen MR) is 160 cm³/mol. The Morgan fingerprint density at radius 2 is 1.86 bits per heavy atom. The van der Waals surface area contributed by atoms with Crippen molar-refractivity contribution < 1.29 is 32.7 Å². The van der Waals surface area contributed by atoms with Gasteiger partial charge < -0.3 is 5.32 Å². The van der Waals surface area contributed by atoms with Crippen LogP contribution >= 0.6 is 11.3 Å². The largest absolute Gasteiger partial charge is 0.361 e. The molecule has 3 aromatic heterocycles. The lowest BCUT2D eigenvalue weighted by Gasteiger charge is -2.25. The van der Waals surface area contributed by atoms with E-state index in [2.05, 4.69) is 20.5 Å². The second kappa shape index (κ2) is 14.3. The molecule has 0 aromatic carbocycles. The number of Topliss-reactive ketones (excluding diaryl/α,β-unsaturated/α-hetero) is 1. The van der Waals surface area contributed by atoms with Crippen LogP contribution in [0.15, 0.2) is 76.2 Å². The van der Waals surface area contributed by atoms with Crippen molar-refractivity contribution in [2.24, 2.45) is 16.1 Å². The third-order valence-corrected chi connectivity index (χ3v) is 10.9. The van der Waals surface area contributed by atoms with Crippen LogP contribution in [0.2, 0.25) is 0 Å². The van der Waals surface area contributed by atoms with Gasteiger partial charge in [-0.2, -0.15) is 9.42 Å². The number of pyridine rings is 2. The summed E-state index contributed by atoms with van der Waals surface area (Å²) < 4.78 is 27.7. The average molecular weight is 640 g/mol. The van der Waals surface area contributed by atoms with E-state index in [1.165, 1.54) is 35.7 Å². The molecule has 0 bridgehead atoms. The van der Waals surface area contributed by atoms with E-state index in [1.807, 2.05) is 24.3 Å². The molecule has 14 heteroatoms. The number of thiophene rings is 1. The number of hydrogen-bond acceptors (Lipinski definition) is 9. The zero-order chi connectivity index (χ0) is 31.1. The fourth-order valence-electron chi connectivity index (χ4n) is 5.57. The molecular weight excluding hydrogens is 605 g/mol. The monoisotopic (exact) mass is 639 g/mol. The molecule has 1 aliphatic heterocycles. The Labute approximate surface area is 259 Å². The van der Waals surface area contributed by atoms with Gasteiger partial charge in [0.1, 0.15) is 12.1 Å². The minimum absolute atomic E-state index is 0.0462. The van der Waals surface area contributed by atoms with Crippen LogP contribution in [0.5, 0.6) is 0 Å². The van der Waals surface area contributed by atoms with Gasteiger partial charge in [0.15, 0.2) is 5.78 Å². The molecule has 12 nitrogen and oxygen atoms in total. The van der Waals surface area contributed by atoms with E-state index in [1.54, 1.807) is 12.3 Å². The summed E-state index contributed by atoms with van der Waals surface area (Å²) in [6.07, 6.45) is 9.00. The standard InChI is InChI=1S/C30H34N6O6S2/c37-25-20-35(44(41,42)28-13-5-7-18-36(28)40)17-8-12-22(25)33-34-29(38)24(19-21-9-2-1-3-10-21)32-30(39)27-15-14-26(43-27)23-11-4-6-16-31-23/h4-7,11,13-16,18,21-22,24H,1-3,8-10,12,17,19-20H2,(H-,32,39,40)/p+1/t22?,24-/m0/s1. The lowest BCUT2D eigenvalue weighted by atomic mass is 9.84. The summed E-state index contributed by atoms with van der Waals surface area (Å²) in [5, 5.41) is 20.4. The summed E-state index contributed by atoms with van der Waals surface area (Å²) in [4.78, 5) is 45.2. The Balaban J connectivity index is 1.27. The van der Waals surface area contributed by atoms with Crippen molar-refractivity contribution in [2.75, 3.05) is 13.1 Å². The molecule has 1 unspecified atom stereocenters. The van der Waals surface area contributed by atoms with Crippen LogP contribution in [0.1, 0.15) is 61.0 Å². The molecule has 0 spiro atoms. The third-order valence-electron chi connectivity index (χ3n) is 7.94. The van der Waals surface area contributed by atoms with E-state index >= 15 is 0 Å². The molecule has 3 aromatic rings. The molecule has 0 radical (unpaired) electrons. The lowest BCUT2D eigenvalue weighted by Crippen LogP contribution is -2.44. The van der Waals surface area contributed by atoms with Gasteiger partial charge in [-0.1, -0.05) is 38.2 Å². The first-order chi connectivity index (χ1) is 21.2. The van der Waals surface area contributed by atoms with Crippen molar-refractivity contribution in [3.05, 3.63) is 65.8 Å². The van der Waals surface area contributed by atoms with Crippen molar-refractivity contribution in [2.45, 2.75) is 68.5 Å². The predicted octanol–water partition coefficient (Wildman–Crippen LogP) is 3.80. The Morgan fingerprint density at radius 1 is 1.07 bits per heavy atom. The van der Waals surface area contributed by atoms with Gasteiger partial charge >= 0.3 is 15.0 Å². The summed E-state index contributed by atoms with van der Waals surface area (Å²) >= 11 is 1.28. The molecule has 2 aliphatic rings. The first-order valence-electron chi connectivity index (χ1n) is 14.7. The fourth-order valence-corrected chi connectivity index (χ4v) is 7.94. The van der Waals surface area contributed by atoms with E-state index in [-0.39, 0.29) is 23.9 Å². The SMILES string of the molecule is O=C(N[C@@H](CC1CCCCC1)C(=O)N=NC1CCCN(S(=O)(=O)c2cccc[n+]2O)CC1=O)c1ccc(-c2ccccn2)s1. The molecule has 2 N–H and O–H groups in total. The van der Waals surface area contributed by atoms with Gasteiger partial charge in [-0.15, -0.1) is 16.5 Å². The quantitative estimate of drug-likeness (QED) is 0.204. The van der Waals surface area contributed by atoms with Gasteiger partial charge in [0.25, 0.3) is 11.8 Å². The third kappa shape index (κ3) is 7.60. The second-order valence-electron chi connectivity index (χ2n) is 11.0. The first kappa shape index (κ1) is 31.5. The number of nitrogens with zero attached hydrogens (tertiary/aromatic N) is 5. The molecule has 4 heterocycles. The van der Waals surface area contributed by atoms with Crippen LogP contribution < -0.4 is 10.0 Å². The van der Waals surface area contributed by atoms with Crippen molar-refractivity contribution in [3.8, 4) is 10.6 Å². The number of azo groups is 1. The summed E-state index contributed by atoms with van der Waals surface area (Å²) in [5.41, 5.74) is 0.749. The van der Waals surface area contributed by atoms with E-state index in [9.17, 15) is 28.0 Å². The zero-order valence-corrected chi connectivity index (χ0v) is 25.8. The van der Waals surface area contributed by atoms with Crippen LogP contribution in [-0.2, 0) is 19.6 Å². The van der Waals surface area contributed by atoms with Gasteiger partial charge in [-0.3, -0.25) is 24.6 Å². The van der Waals surface area contributed by atoms with Crippen LogP contribution in [0.3, 0.4) is 0 Å². The molecule has 1 aliphatic carbocycles. The fraction of sp³-hybridized carbons (Fsp3) is 0.433. The minimum atomic E-state index is -4.15. The maximum absolute atomic E-state index is 13.4. The average Bonchev–Trinajstić information content (AvgIpc) is 3.45. The lowest BCUT2D eigenvalue weighted by molar-refractivity contribution is -0.933. The van der Waals surface area contributed by atoms with Gasteiger partial charge in [0.2, 0.25) is 6.20 Å². The summed E-state index contributed by atoms with van der Waals surface area (Å²) in [5.74, 6) is -1.28. The highest BCUT2D eigenvalue weighted by Gasteiger charge is 2.38. The van der Waals surface area contributed by atoms with Crippen LogP contribution in [0, 0.1) is 5.92 Å². The number of amides is 2. The zero-order valence-electron chi connectivity index (χ0n) is 24.1. The van der Waals surface area contributed by atoms with Crippen molar-refractivity contribution in [1.29, 1.82) is 0 Å². The maximum Gasteiger partial charge on any atom is 0.361 e. The second-order valence-corrected chi connectivity index (χ2v) is 14.0. The molecule has 1 saturated heterocycles. The molecule has 2 atom stereocenters. The molecular formula is C30H35N6O6S2+. The smallest absolute Gasteiger partial charge is 0.339 e. The van der Waals surface area contributed by atoms with E-state index < -0.39 is 46.2 Å². The van der Waals surface area contributed by atoms with Gasteiger partial charge in [0, 0.05) is 29.6 Å². The number of rotatable bonds is 9. The highest BCUT2D eigenvalue weighted by molar-refractivity contribution is 7.89. The number of aromatic nitrogens is 2. The van der Waals surface area contributed by atoms with Crippen molar-refractivity contribution >= 4 is 39.0 Å². The molecule has 44 heavy (non-hydrogen) atoms. The molecule has 2 fully saturated rings. The van der Waals surface area contributed by atoms with E-state index in [4.69, 9.17) is 0 Å². The molecule has 1 saturated carbocycles. The van der Waals surface area contributed by atoms with E-state index in [0.717, 1.165) is 47.0 Å². The van der Waals surface area contributed by atoms with E-state index in [0.29, 0.717) is 22.4 Å². The van der Waals surface area contributed by atoms with Gasteiger partial charge in [0.05, 0.1) is 22.0 Å². The summed E-state index contributed by atoms with van der Waals surface area (Å²) in [7, 11) is -4.15. The number of ketones is 1. The maximum atomic E-state index is 13.4. The van der Waals surface area contributed by atoms with Gasteiger partial charge in [-0.25, -0.2) is 8.42 Å².